The van der Waals surface area contributed by atoms with Crippen molar-refractivity contribution in [2.24, 2.45) is 11.8 Å². The number of hydrogen-bond acceptors (Lipinski definition) is 4. The molecule has 18 heavy (non-hydrogen) atoms. The average molecular weight is 253 g/mol. The summed E-state index contributed by atoms with van der Waals surface area (Å²) in [5.41, 5.74) is 0. The molecule has 5 unspecified atom stereocenters. The van der Waals surface area contributed by atoms with Gasteiger partial charge in [-0.05, 0) is 25.2 Å². The van der Waals surface area contributed by atoms with Crippen LogP contribution in [0.4, 0.5) is 0 Å². The predicted octanol–water partition coefficient (Wildman–Crippen LogP) is -0.565. The zero-order chi connectivity index (χ0) is 12.9. The van der Waals surface area contributed by atoms with Gasteiger partial charge in [0.1, 0.15) is 6.04 Å². The maximum Gasteiger partial charge on any atom is 0.309 e. The summed E-state index contributed by atoms with van der Waals surface area (Å²) in [6.07, 6.45) is 3.58. The van der Waals surface area contributed by atoms with Crippen LogP contribution >= 0.6 is 0 Å². The van der Waals surface area contributed by atoms with E-state index in [4.69, 9.17) is 0 Å². The number of nitrogens with one attached hydrogen (secondary N) is 2. The molecule has 7 heteroatoms. The molecule has 2 aliphatic carbocycles. The third kappa shape index (κ3) is 1.57. The van der Waals surface area contributed by atoms with Crippen LogP contribution < -0.4 is 10.6 Å². The van der Waals surface area contributed by atoms with E-state index in [0.29, 0.717) is 5.92 Å². The van der Waals surface area contributed by atoms with E-state index in [0.717, 1.165) is 25.7 Å². The molecule has 7 nitrogen and oxygen atoms in total. The molecule has 1 aliphatic heterocycles. The number of nitro groups is 1. The van der Waals surface area contributed by atoms with Crippen molar-refractivity contribution < 1.29 is 14.5 Å². The number of nitrogens with zero attached hydrogens (tertiary/aromatic N) is 1. The van der Waals surface area contributed by atoms with Gasteiger partial charge in [-0.3, -0.25) is 19.7 Å². The van der Waals surface area contributed by atoms with E-state index in [1.807, 2.05) is 0 Å². The van der Waals surface area contributed by atoms with Crippen molar-refractivity contribution in [3.63, 3.8) is 0 Å². The summed E-state index contributed by atoms with van der Waals surface area (Å²) in [6, 6.07) is -1.60. The van der Waals surface area contributed by atoms with Gasteiger partial charge in [-0.2, -0.15) is 0 Å². The highest BCUT2D eigenvalue weighted by Crippen LogP contribution is 2.43. The minimum Gasteiger partial charge on any atom is -0.343 e. The van der Waals surface area contributed by atoms with Crippen LogP contribution in [0.2, 0.25) is 0 Å². The maximum absolute atomic E-state index is 11.4. The second kappa shape index (κ2) is 3.93. The summed E-state index contributed by atoms with van der Waals surface area (Å²) >= 11 is 0. The van der Waals surface area contributed by atoms with Gasteiger partial charge in [0.15, 0.2) is 0 Å². The second-order valence-corrected chi connectivity index (χ2v) is 5.45. The Bertz CT molecular complexity index is 425. The molecular weight excluding hydrogens is 238 g/mol. The Hall–Kier alpha value is -1.66. The molecule has 0 spiro atoms. The fourth-order valence-corrected chi connectivity index (χ4v) is 3.86. The number of hydrogen-bond donors (Lipinski definition) is 2. The van der Waals surface area contributed by atoms with Gasteiger partial charge in [-0.25, -0.2) is 0 Å². The molecule has 0 aromatic rings. The van der Waals surface area contributed by atoms with Crippen LogP contribution in [0.1, 0.15) is 25.7 Å². The SMILES string of the molecule is O=C1NC2CC3CCCC3C([N+](=O)[O-])C2NC1=O. The molecule has 2 amide bonds. The summed E-state index contributed by atoms with van der Waals surface area (Å²) in [5, 5.41) is 16.4. The van der Waals surface area contributed by atoms with Gasteiger partial charge >= 0.3 is 11.8 Å². The Labute approximate surface area is 103 Å². The van der Waals surface area contributed by atoms with E-state index in [1.54, 1.807) is 0 Å². The number of carbonyl (C=O) groups excluding carboxylic acids is 2. The van der Waals surface area contributed by atoms with Crippen LogP contribution in [0.15, 0.2) is 0 Å². The Morgan fingerprint density at radius 2 is 1.89 bits per heavy atom. The van der Waals surface area contributed by atoms with E-state index in [9.17, 15) is 19.7 Å². The zero-order valence-corrected chi connectivity index (χ0v) is 9.80. The van der Waals surface area contributed by atoms with Gasteiger partial charge in [0.05, 0.1) is 6.04 Å². The first-order valence-corrected chi connectivity index (χ1v) is 6.33. The first-order valence-electron chi connectivity index (χ1n) is 6.33. The molecular formula is C11H15N3O4. The van der Waals surface area contributed by atoms with Crippen LogP contribution in [0.3, 0.4) is 0 Å². The van der Waals surface area contributed by atoms with E-state index < -0.39 is 23.9 Å². The summed E-state index contributed by atoms with van der Waals surface area (Å²) in [5.74, 6) is -1.08. The maximum atomic E-state index is 11.4. The highest BCUT2D eigenvalue weighted by molar-refractivity contribution is 6.35. The molecule has 3 aliphatic rings. The Kier molecular flexibility index (Phi) is 2.49. The Morgan fingerprint density at radius 3 is 2.61 bits per heavy atom. The highest BCUT2D eigenvalue weighted by atomic mass is 16.6. The Balaban J connectivity index is 1.91. The third-order valence-corrected chi connectivity index (χ3v) is 4.58. The molecule has 2 N–H and O–H groups in total. The molecule has 3 rings (SSSR count). The predicted molar refractivity (Wildman–Crippen MR) is 60.1 cm³/mol. The molecule has 98 valence electrons. The first-order chi connectivity index (χ1) is 8.58. The molecule has 2 saturated carbocycles. The second-order valence-electron chi connectivity index (χ2n) is 5.45. The van der Waals surface area contributed by atoms with E-state index in [1.165, 1.54) is 0 Å². The third-order valence-electron chi connectivity index (χ3n) is 4.58. The number of amides is 2. The zero-order valence-electron chi connectivity index (χ0n) is 9.80. The van der Waals surface area contributed by atoms with Crippen molar-refractivity contribution >= 4 is 11.8 Å². The first kappa shape index (κ1) is 11.4. The molecule has 0 aromatic heterocycles. The van der Waals surface area contributed by atoms with Gasteiger partial charge in [-0.15, -0.1) is 0 Å². The largest absolute Gasteiger partial charge is 0.343 e. The van der Waals surface area contributed by atoms with Crippen LogP contribution in [-0.4, -0.2) is 34.9 Å². The summed E-state index contributed by atoms with van der Waals surface area (Å²) < 4.78 is 0. The Morgan fingerprint density at radius 1 is 1.17 bits per heavy atom. The summed E-state index contributed by atoms with van der Waals surface area (Å²) in [4.78, 5) is 33.7. The fourth-order valence-electron chi connectivity index (χ4n) is 3.86. The molecule has 0 aromatic carbocycles. The molecule has 3 fully saturated rings. The lowest BCUT2D eigenvalue weighted by molar-refractivity contribution is -0.541. The summed E-state index contributed by atoms with van der Waals surface area (Å²) in [6.45, 7) is 0. The fraction of sp³-hybridized carbons (Fsp3) is 0.818. The monoisotopic (exact) mass is 253 g/mol. The number of fused-ring (bicyclic) bond motifs is 2. The normalized spacial score (nSPS) is 42.6. The minimum atomic E-state index is -0.763. The van der Waals surface area contributed by atoms with Crippen molar-refractivity contribution in [3.8, 4) is 0 Å². The van der Waals surface area contributed by atoms with Crippen LogP contribution in [0.5, 0.6) is 0 Å². The van der Waals surface area contributed by atoms with E-state index >= 15 is 0 Å². The van der Waals surface area contributed by atoms with Crippen molar-refractivity contribution in [2.45, 2.75) is 43.8 Å². The molecule has 1 heterocycles. The lowest BCUT2D eigenvalue weighted by Crippen LogP contribution is -2.70. The van der Waals surface area contributed by atoms with Crippen LogP contribution in [0.25, 0.3) is 0 Å². The van der Waals surface area contributed by atoms with Crippen molar-refractivity contribution in [1.82, 2.24) is 10.6 Å². The van der Waals surface area contributed by atoms with Gasteiger partial charge in [0.2, 0.25) is 6.04 Å². The van der Waals surface area contributed by atoms with Gasteiger partial charge in [0, 0.05) is 10.8 Å². The molecule has 1 saturated heterocycles. The van der Waals surface area contributed by atoms with Gasteiger partial charge in [0.25, 0.3) is 0 Å². The minimum absolute atomic E-state index is 0.0385. The standard InChI is InChI=1S/C11H15N3O4/c15-10-11(16)13-8-7(12-10)4-5-2-1-3-6(5)9(8)14(17)18/h5-9H,1-4H2,(H,12,15)(H,13,16). The average Bonchev–Trinajstić information content (AvgIpc) is 2.74. The van der Waals surface area contributed by atoms with Crippen LogP contribution in [-0.2, 0) is 9.59 Å². The molecule has 5 atom stereocenters. The van der Waals surface area contributed by atoms with Crippen molar-refractivity contribution in [2.75, 3.05) is 0 Å². The van der Waals surface area contributed by atoms with Gasteiger partial charge < -0.3 is 10.6 Å². The quantitative estimate of drug-likeness (QED) is 0.371. The lowest BCUT2D eigenvalue weighted by Gasteiger charge is -2.42. The summed E-state index contributed by atoms with van der Waals surface area (Å²) in [7, 11) is 0. The number of piperazine rings is 1. The lowest BCUT2D eigenvalue weighted by atomic mass is 9.72. The van der Waals surface area contributed by atoms with Gasteiger partial charge in [-0.1, -0.05) is 6.42 Å². The van der Waals surface area contributed by atoms with Crippen molar-refractivity contribution in [1.29, 1.82) is 0 Å². The highest BCUT2D eigenvalue weighted by Gasteiger charge is 2.55. The topological polar surface area (TPSA) is 101 Å². The number of rotatable bonds is 1. The van der Waals surface area contributed by atoms with E-state index in [2.05, 4.69) is 10.6 Å². The van der Waals surface area contributed by atoms with E-state index in [-0.39, 0.29) is 16.9 Å². The smallest absolute Gasteiger partial charge is 0.309 e. The van der Waals surface area contributed by atoms with Crippen molar-refractivity contribution in [3.05, 3.63) is 10.1 Å². The number of carbonyl (C=O) groups is 2. The molecule has 0 radical (unpaired) electrons. The molecule has 0 bridgehead atoms. The van der Waals surface area contributed by atoms with Crippen LogP contribution in [0, 0.1) is 22.0 Å².